The first kappa shape index (κ1) is 8.29. The van der Waals surface area contributed by atoms with E-state index in [1.165, 1.54) is 12.8 Å². The van der Waals surface area contributed by atoms with E-state index in [-0.39, 0.29) is 0 Å². The van der Waals surface area contributed by atoms with Crippen LogP contribution in [0.3, 0.4) is 0 Å². The molecule has 3 rings (SSSR count). The molecule has 1 aliphatic heterocycles. The molecule has 0 amide bonds. The van der Waals surface area contributed by atoms with E-state index < -0.39 is 0 Å². The number of ether oxygens (including phenoxy) is 1. The minimum Gasteiger partial charge on any atom is -0.379 e. The molecule has 1 saturated carbocycles. The summed E-state index contributed by atoms with van der Waals surface area (Å²) in [7, 11) is 0. The number of nitrogens with one attached hydrogen (secondary N) is 1. The molecular formula is C10H15N3O. The molecule has 76 valence electrons. The van der Waals surface area contributed by atoms with Gasteiger partial charge in [0.15, 0.2) is 0 Å². The fraction of sp³-hybridized carbons (Fsp3) is 0.700. The third-order valence-electron chi connectivity index (χ3n) is 2.87. The zero-order chi connectivity index (χ0) is 9.38. The van der Waals surface area contributed by atoms with Crippen LogP contribution < -0.4 is 5.32 Å². The molecule has 1 aromatic heterocycles. The van der Waals surface area contributed by atoms with E-state index in [1.807, 2.05) is 6.20 Å². The quantitative estimate of drug-likeness (QED) is 0.789. The lowest BCUT2D eigenvalue weighted by molar-refractivity contribution is 0.195. The molecule has 0 radical (unpaired) electrons. The van der Waals surface area contributed by atoms with E-state index in [2.05, 4.69) is 21.1 Å². The van der Waals surface area contributed by atoms with Crippen molar-refractivity contribution in [2.24, 2.45) is 0 Å². The number of nitrogens with zero attached hydrogens (tertiary/aromatic N) is 2. The van der Waals surface area contributed by atoms with Crippen molar-refractivity contribution in [3.05, 3.63) is 12.4 Å². The van der Waals surface area contributed by atoms with Crippen molar-refractivity contribution in [1.82, 2.24) is 9.55 Å². The maximum atomic E-state index is 5.32. The summed E-state index contributed by atoms with van der Waals surface area (Å²) in [5.41, 5.74) is 0. The fourth-order valence-corrected chi connectivity index (χ4v) is 1.90. The maximum Gasteiger partial charge on any atom is 0.203 e. The van der Waals surface area contributed by atoms with Gasteiger partial charge < -0.3 is 14.6 Å². The summed E-state index contributed by atoms with van der Waals surface area (Å²) in [5, 5.41) is 3.44. The van der Waals surface area contributed by atoms with Crippen molar-refractivity contribution in [3.8, 4) is 0 Å². The van der Waals surface area contributed by atoms with Crippen LogP contribution in [0, 0.1) is 0 Å². The molecule has 1 N–H and O–H groups in total. The van der Waals surface area contributed by atoms with Crippen LogP contribution in [0.15, 0.2) is 12.4 Å². The van der Waals surface area contributed by atoms with Gasteiger partial charge in [-0.15, -0.1) is 0 Å². The van der Waals surface area contributed by atoms with Crippen LogP contribution in [0.25, 0.3) is 0 Å². The van der Waals surface area contributed by atoms with Gasteiger partial charge in [0.05, 0.1) is 12.6 Å². The van der Waals surface area contributed by atoms with Crippen molar-refractivity contribution in [1.29, 1.82) is 0 Å². The lowest BCUT2D eigenvalue weighted by Crippen LogP contribution is -2.21. The highest BCUT2D eigenvalue weighted by atomic mass is 16.5. The van der Waals surface area contributed by atoms with Gasteiger partial charge in [-0.3, -0.25) is 0 Å². The zero-order valence-electron chi connectivity index (χ0n) is 8.15. The molecule has 0 bridgehead atoms. The smallest absolute Gasteiger partial charge is 0.203 e. The minimum atomic E-state index is 0.454. The average molecular weight is 193 g/mol. The lowest BCUT2D eigenvalue weighted by Gasteiger charge is -2.12. The molecule has 2 aliphatic rings. The molecule has 0 aromatic carbocycles. The number of hydrogen-bond donors (Lipinski definition) is 1. The van der Waals surface area contributed by atoms with Crippen LogP contribution in [0.1, 0.15) is 25.3 Å². The van der Waals surface area contributed by atoms with Crippen molar-refractivity contribution >= 4 is 5.95 Å². The van der Waals surface area contributed by atoms with Crippen LogP contribution in [0.5, 0.6) is 0 Å². The van der Waals surface area contributed by atoms with E-state index in [4.69, 9.17) is 4.74 Å². The number of anilines is 1. The lowest BCUT2D eigenvalue weighted by atomic mass is 10.3. The predicted molar refractivity (Wildman–Crippen MR) is 53.3 cm³/mol. The Morgan fingerprint density at radius 1 is 1.43 bits per heavy atom. The third-order valence-corrected chi connectivity index (χ3v) is 2.87. The van der Waals surface area contributed by atoms with Crippen LogP contribution in [-0.2, 0) is 4.74 Å². The molecule has 1 aliphatic carbocycles. The Labute approximate surface area is 83.3 Å². The topological polar surface area (TPSA) is 39.1 Å². The Morgan fingerprint density at radius 2 is 2.36 bits per heavy atom. The van der Waals surface area contributed by atoms with Crippen molar-refractivity contribution in [3.63, 3.8) is 0 Å². The Bertz CT molecular complexity index is 313. The van der Waals surface area contributed by atoms with Crippen molar-refractivity contribution in [2.75, 3.05) is 18.5 Å². The van der Waals surface area contributed by atoms with E-state index in [0.29, 0.717) is 12.1 Å². The van der Waals surface area contributed by atoms with E-state index in [9.17, 15) is 0 Å². The SMILES string of the molecule is c1cn(C2CC2)c(NC2CCOC2)n1. The van der Waals surface area contributed by atoms with Crippen LogP contribution >= 0.6 is 0 Å². The van der Waals surface area contributed by atoms with Crippen LogP contribution in [-0.4, -0.2) is 28.8 Å². The first-order valence-corrected chi connectivity index (χ1v) is 5.30. The molecule has 0 spiro atoms. The molecule has 4 heteroatoms. The first-order valence-electron chi connectivity index (χ1n) is 5.30. The standard InChI is InChI=1S/C10H15N3O/c1-2-9(1)13-5-4-11-10(13)12-8-3-6-14-7-8/h4-5,8-9H,1-3,6-7H2,(H,11,12). The van der Waals surface area contributed by atoms with Gasteiger partial charge in [0, 0.05) is 25.0 Å². The second-order valence-electron chi connectivity index (χ2n) is 4.09. The number of hydrogen-bond acceptors (Lipinski definition) is 3. The van der Waals surface area contributed by atoms with Crippen molar-refractivity contribution in [2.45, 2.75) is 31.3 Å². The number of imidazole rings is 1. The van der Waals surface area contributed by atoms with E-state index in [1.54, 1.807) is 0 Å². The third kappa shape index (κ3) is 1.50. The highest BCUT2D eigenvalue weighted by molar-refractivity contribution is 5.29. The van der Waals surface area contributed by atoms with Gasteiger partial charge >= 0.3 is 0 Å². The average Bonchev–Trinajstić information content (AvgIpc) is 2.74. The summed E-state index contributed by atoms with van der Waals surface area (Å²) in [6.07, 6.45) is 7.63. The highest BCUT2D eigenvalue weighted by Gasteiger charge is 2.26. The maximum absolute atomic E-state index is 5.32. The molecular weight excluding hydrogens is 178 g/mol. The van der Waals surface area contributed by atoms with Gasteiger partial charge in [-0.1, -0.05) is 0 Å². The molecule has 1 saturated heterocycles. The van der Waals surface area contributed by atoms with Gasteiger partial charge in [-0.25, -0.2) is 4.98 Å². The molecule has 1 aromatic rings. The normalized spacial score (nSPS) is 26.7. The van der Waals surface area contributed by atoms with Gasteiger partial charge in [0.1, 0.15) is 0 Å². The Hall–Kier alpha value is -1.03. The van der Waals surface area contributed by atoms with Crippen LogP contribution in [0.4, 0.5) is 5.95 Å². The molecule has 1 atom stereocenters. The van der Waals surface area contributed by atoms with Gasteiger partial charge in [0.2, 0.25) is 5.95 Å². The Kier molecular flexibility index (Phi) is 1.94. The summed E-state index contributed by atoms with van der Waals surface area (Å²) in [4.78, 5) is 4.34. The van der Waals surface area contributed by atoms with E-state index >= 15 is 0 Å². The predicted octanol–water partition coefficient (Wildman–Crippen LogP) is 1.42. The van der Waals surface area contributed by atoms with Gasteiger partial charge in [-0.2, -0.15) is 0 Å². The number of rotatable bonds is 3. The summed E-state index contributed by atoms with van der Waals surface area (Å²) in [6, 6.07) is 1.15. The summed E-state index contributed by atoms with van der Waals surface area (Å²) in [6.45, 7) is 1.69. The Morgan fingerprint density at radius 3 is 3.07 bits per heavy atom. The molecule has 14 heavy (non-hydrogen) atoms. The van der Waals surface area contributed by atoms with Gasteiger partial charge in [-0.05, 0) is 19.3 Å². The van der Waals surface area contributed by atoms with Crippen molar-refractivity contribution < 1.29 is 4.74 Å². The summed E-state index contributed by atoms with van der Waals surface area (Å²) >= 11 is 0. The fourth-order valence-electron chi connectivity index (χ4n) is 1.90. The largest absolute Gasteiger partial charge is 0.379 e. The highest BCUT2D eigenvalue weighted by Crippen LogP contribution is 2.36. The van der Waals surface area contributed by atoms with Crippen LogP contribution in [0.2, 0.25) is 0 Å². The summed E-state index contributed by atoms with van der Waals surface area (Å²) in [5.74, 6) is 1.02. The minimum absolute atomic E-state index is 0.454. The molecule has 2 fully saturated rings. The second kappa shape index (κ2) is 3.28. The molecule has 1 unspecified atom stereocenters. The number of aromatic nitrogens is 2. The second-order valence-corrected chi connectivity index (χ2v) is 4.09. The molecule has 4 nitrogen and oxygen atoms in total. The monoisotopic (exact) mass is 193 g/mol. The summed E-state index contributed by atoms with van der Waals surface area (Å²) < 4.78 is 7.57. The first-order chi connectivity index (χ1) is 6.93. The van der Waals surface area contributed by atoms with E-state index in [0.717, 1.165) is 25.6 Å². The Balaban J connectivity index is 1.71. The zero-order valence-corrected chi connectivity index (χ0v) is 8.15. The van der Waals surface area contributed by atoms with Gasteiger partial charge in [0.25, 0.3) is 0 Å². The molecule has 2 heterocycles.